The van der Waals surface area contributed by atoms with Crippen LogP contribution in [0.4, 0.5) is 10.1 Å². The molecule has 2 aromatic heterocycles. The van der Waals surface area contributed by atoms with Crippen molar-refractivity contribution in [2.24, 2.45) is 0 Å². The quantitative estimate of drug-likeness (QED) is 0.801. The average molecular weight is 320 g/mol. The van der Waals surface area contributed by atoms with E-state index >= 15 is 0 Å². The fraction of sp³-hybridized carbons (Fsp3) is 0.143. The van der Waals surface area contributed by atoms with Crippen LogP contribution in [0, 0.1) is 5.82 Å². The smallest absolute Gasteiger partial charge is 0.295 e. The lowest BCUT2D eigenvalue weighted by molar-refractivity contribution is 0.574. The molecule has 22 heavy (non-hydrogen) atoms. The van der Waals surface area contributed by atoms with Crippen molar-refractivity contribution in [1.82, 2.24) is 14.5 Å². The minimum atomic E-state index is -3.93. The molecule has 0 atom stereocenters. The number of rotatable bonds is 4. The molecule has 0 saturated carbocycles. The molecule has 1 aromatic carbocycles. The van der Waals surface area contributed by atoms with Crippen LogP contribution in [0.1, 0.15) is 6.92 Å². The van der Waals surface area contributed by atoms with Crippen LogP contribution in [0.2, 0.25) is 0 Å². The molecule has 3 aromatic rings. The van der Waals surface area contributed by atoms with Gasteiger partial charge in [0.2, 0.25) is 5.16 Å². The topological polar surface area (TPSA) is 76.9 Å². The van der Waals surface area contributed by atoms with Gasteiger partial charge in [0.15, 0.2) is 0 Å². The lowest BCUT2D eigenvalue weighted by Crippen LogP contribution is -2.18. The van der Waals surface area contributed by atoms with Crippen LogP contribution in [0.5, 0.6) is 0 Å². The molecular formula is C14H13FN4O2S. The van der Waals surface area contributed by atoms with Gasteiger partial charge in [-0.3, -0.25) is 9.71 Å². The Morgan fingerprint density at radius 1 is 1.27 bits per heavy atom. The number of halogens is 1. The van der Waals surface area contributed by atoms with Gasteiger partial charge in [0.1, 0.15) is 5.82 Å². The van der Waals surface area contributed by atoms with E-state index in [2.05, 4.69) is 14.7 Å². The Labute approximate surface area is 126 Å². The van der Waals surface area contributed by atoms with Crippen LogP contribution in [-0.2, 0) is 16.6 Å². The van der Waals surface area contributed by atoms with E-state index in [0.29, 0.717) is 17.4 Å². The predicted molar refractivity (Wildman–Crippen MR) is 80.4 cm³/mol. The van der Waals surface area contributed by atoms with E-state index in [1.165, 1.54) is 23.0 Å². The van der Waals surface area contributed by atoms with Crippen molar-refractivity contribution in [2.75, 3.05) is 4.72 Å². The Morgan fingerprint density at radius 3 is 2.86 bits per heavy atom. The summed E-state index contributed by atoms with van der Waals surface area (Å²) in [6.07, 6.45) is 4.49. The third-order valence-corrected chi connectivity index (χ3v) is 4.48. The van der Waals surface area contributed by atoms with Gasteiger partial charge in [-0.15, -0.1) is 0 Å². The van der Waals surface area contributed by atoms with Gasteiger partial charge in [-0.2, -0.15) is 8.42 Å². The number of aryl methyl sites for hydroxylation is 1. The molecule has 0 spiro atoms. The maximum atomic E-state index is 13.7. The van der Waals surface area contributed by atoms with Gasteiger partial charge < -0.3 is 4.57 Å². The van der Waals surface area contributed by atoms with Crippen LogP contribution in [0.25, 0.3) is 10.9 Å². The molecule has 0 unspecified atom stereocenters. The van der Waals surface area contributed by atoms with Crippen LogP contribution in [-0.4, -0.2) is 23.0 Å². The fourth-order valence-corrected chi connectivity index (χ4v) is 3.44. The largest absolute Gasteiger partial charge is 0.321 e. The molecule has 6 nitrogen and oxygen atoms in total. The highest BCUT2D eigenvalue weighted by molar-refractivity contribution is 7.92. The summed E-state index contributed by atoms with van der Waals surface area (Å²) in [6, 6.07) is 5.72. The fourth-order valence-electron chi connectivity index (χ4n) is 2.20. The molecule has 2 heterocycles. The molecule has 0 bridgehead atoms. The standard InChI is InChI=1S/C14H13FN4O2S/c1-2-19-7-6-17-14(19)22(20,21)18-12-9-11(15)8-10-4-3-5-16-13(10)12/h3-9,18H,2H2,1H3. The lowest BCUT2D eigenvalue weighted by atomic mass is 10.2. The van der Waals surface area contributed by atoms with Crippen molar-refractivity contribution in [2.45, 2.75) is 18.6 Å². The van der Waals surface area contributed by atoms with E-state index in [9.17, 15) is 12.8 Å². The van der Waals surface area contributed by atoms with Gasteiger partial charge in [-0.25, -0.2) is 9.37 Å². The molecule has 0 amide bonds. The van der Waals surface area contributed by atoms with Crippen molar-refractivity contribution < 1.29 is 12.8 Å². The molecule has 0 aliphatic rings. The van der Waals surface area contributed by atoms with E-state index < -0.39 is 15.8 Å². The highest BCUT2D eigenvalue weighted by Gasteiger charge is 2.21. The maximum Gasteiger partial charge on any atom is 0.295 e. The minimum absolute atomic E-state index is 0.0845. The van der Waals surface area contributed by atoms with E-state index in [1.807, 2.05) is 0 Å². The molecule has 0 saturated heterocycles. The Kier molecular flexibility index (Phi) is 3.53. The van der Waals surface area contributed by atoms with Crippen LogP contribution < -0.4 is 4.72 Å². The second-order valence-corrected chi connectivity index (χ2v) is 6.21. The summed E-state index contributed by atoms with van der Waals surface area (Å²) in [6.45, 7) is 2.26. The third-order valence-electron chi connectivity index (χ3n) is 3.17. The average Bonchev–Trinajstić information content (AvgIpc) is 2.96. The highest BCUT2D eigenvalue weighted by atomic mass is 32.2. The van der Waals surface area contributed by atoms with Crippen molar-refractivity contribution in [3.05, 3.63) is 48.7 Å². The summed E-state index contributed by atoms with van der Waals surface area (Å²) >= 11 is 0. The molecule has 1 N–H and O–H groups in total. The monoisotopic (exact) mass is 320 g/mol. The second kappa shape index (κ2) is 5.38. The van der Waals surface area contributed by atoms with E-state index in [0.717, 1.165) is 6.07 Å². The highest BCUT2D eigenvalue weighted by Crippen LogP contribution is 2.25. The van der Waals surface area contributed by atoms with Gasteiger partial charge in [0, 0.05) is 36.6 Å². The molecule has 114 valence electrons. The summed E-state index contributed by atoms with van der Waals surface area (Å²) in [7, 11) is -3.93. The Bertz CT molecular complexity index is 937. The van der Waals surface area contributed by atoms with Crippen molar-refractivity contribution in [3.8, 4) is 0 Å². The summed E-state index contributed by atoms with van der Waals surface area (Å²) in [4.78, 5) is 7.97. The Balaban J connectivity index is 2.10. The number of pyridine rings is 1. The van der Waals surface area contributed by atoms with E-state index in [1.54, 1.807) is 25.3 Å². The summed E-state index contributed by atoms with van der Waals surface area (Å²) < 4.78 is 42.4. The number of nitrogens with one attached hydrogen (secondary N) is 1. The number of nitrogens with zero attached hydrogens (tertiary/aromatic N) is 3. The zero-order valence-corrected chi connectivity index (χ0v) is 12.5. The number of hydrogen-bond donors (Lipinski definition) is 1. The van der Waals surface area contributed by atoms with E-state index in [4.69, 9.17) is 0 Å². The van der Waals surface area contributed by atoms with Crippen LogP contribution in [0.3, 0.4) is 0 Å². The third kappa shape index (κ3) is 2.52. The van der Waals surface area contributed by atoms with Gasteiger partial charge in [0.05, 0.1) is 11.2 Å². The van der Waals surface area contributed by atoms with Gasteiger partial charge in [0.25, 0.3) is 10.0 Å². The first-order chi connectivity index (χ1) is 10.5. The number of sulfonamides is 1. The Morgan fingerprint density at radius 2 is 2.09 bits per heavy atom. The number of benzene rings is 1. The van der Waals surface area contributed by atoms with Gasteiger partial charge >= 0.3 is 0 Å². The van der Waals surface area contributed by atoms with Crippen molar-refractivity contribution >= 4 is 26.6 Å². The molecule has 0 fully saturated rings. The molecule has 8 heteroatoms. The first-order valence-corrected chi connectivity index (χ1v) is 8.08. The number of fused-ring (bicyclic) bond motifs is 1. The second-order valence-electron chi connectivity index (χ2n) is 4.63. The maximum absolute atomic E-state index is 13.7. The number of aromatic nitrogens is 3. The normalized spacial score (nSPS) is 11.7. The SMILES string of the molecule is CCn1ccnc1S(=O)(=O)Nc1cc(F)cc2cccnc12. The molecule has 0 radical (unpaired) electrons. The van der Waals surface area contributed by atoms with Crippen LogP contribution >= 0.6 is 0 Å². The Hall–Kier alpha value is -2.48. The zero-order chi connectivity index (χ0) is 15.7. The summed E-state index contributed by atoms with van der Waals surface area (Å²) in [5.41, 5.74) is 0.461. The predicted octanol–water partition coefficient (Wildman–Crippen LogP) is 2.39. The number of imidazole rings is 1. The van der Waals surface area contributed by atoms with Gasteiger partial charge in [-0.05, 0) is 19.1 Å². The van der Waals surface area contributed by atoms with Crippen molar-refractivity contribution in [1.29, 1.82) is 0 Å². The molecule has 0 aliphatic heterocycles. The summed E-state index contributed by atoms with van der Waals surface area (Å²) in [5.74, 6) is -0.544. The lowest BCUT2D eigenvalue weighted by Gasteiger charge is -2.11. The van der Waals surface area contributed by atoms with Crippen LogP contribution in [0.15, 0.2) is 48.0 Å². The number of anilines is 1. The van der Waals surface area contributed by atoms with E-state index in [-0.39, 0.29) is 10.8 Å². The minimum Gasteiger partial charge on any atom is -0.321 e. The summed E-state index contributed by atoms with van der Waals surface area (Å²) in [5, 5.41) is 0.391. The van der Waals surface area contributed by atoms with Crippen molar-refractivity contribution in [3.63, 3.8) is 0 Å². The molecule has 0 aliphatic carbocycles. The first-order valence-electron chi connectivity index (χ1n) is 6.59. The number of hydrogen-bond acceptors (Lipinski definition) is 4. The molecular weight excluding hydrogens is 307 g/mol. The first kappa shape index (κ1) is 14.5. The zero-order valence-electron chi connectivity index (χ0n) is 11.7. The molecule has 3 rings (SSSR count). The van der Waals surface area contributed by atoms with Gasteiger partial charge in [-0.1, -0.05) is 6.07 Å².